The first-order valence-electron chi connectivity index (χ1n) is 5.57. The first kappa shape index (κ1) is 14.8. The van der Waals surface area contributed by atoms with Gasteiger partial charge in [0.25, 0.3) is 0 Å². The highest BCUT2D eigenvalue weighted by Crippen LogP contribution is 2.13. The number of carboxylic acid groups (broad SMARTS) is 1. The van der Waals surface area contributed by atoms with Gasteiger partial charge in [-0.15, -0.1) is 6.58 Å². The maximum absolute atomic E-state index is 13.6. The van der Waals surface area contributed by atoms with Crippen LogP contribution in [0.3, 0.4) is 0 Å². The predicted octanol–water partition coefficient (Wildman–Crippen LogP) is 0.997. The molecule has 19 heavy (non-hydrogen) atoms. The molecule has 5 nitrogen and oxygen atoms in total. The minimum absolute atomic E-state index is 0.0608. The molecule has 0 spiro atoms. The van der Waals surface area contributed by atoms with Crippen molar-refractivity contribution in [2.24, 2.45) is 5.73 Å². The zero-order valence-electron chi connectivity index (χ0n) is 10.3. The number of primary amides is 1. The van der Waals surface area contributed by atoms with E-state index in [0.29, 0.717) is 6.54 Å². The van der Waals surface area contributed by atoms with Crippen LogP contribution in [-0.4, -0.2) is 35.0 Å². The van der Waals surface area contributed by atoms with Gasteiger partial charge in [-0.05, 0) is 18.2 Å². The van der Waals surface area contributed by atoms with Crippen molar-refractivity contribution in [1.29, 1.82) is 0 Å². The third-order valence-electron chi connectivity index (χ3n) is 2.47. The molecule has 0 bridgehead atoms. The van der Waals surface area contributed by atoms with Crippen LogP contribution in [0, 0.1) is 5.82 Å². The number of carboxylic acids is 1. The molecular weight excluding hydrogens is 251 g/mol. The van der Waals surface area contributed by atoms with Crippen LogP contribution >= 0.6 is 0 Å². The average molecular weight is 266 g/mol. The highest BCUT2D eigenvalue weighted by atomic mass is 19.1. The maximum Gasteiger partial charge on any atom is 0.317 e. The van der Waals surface area contributed by atoms with Gasteiger partial charge in [-0.1, -0.05) is 6.08 Å². The lowest BCUT2D eigenvalue weighted by Gasteiger charge is -2.18. The van der Waals surface area contributed by atoms with E-state index < -0.39 is 17.7 Å². The van der Waals surface area contributed by atoms with Gasteiger partial charge < -0.3 is 10.8 Å². The molecule has 3 N–H and O–H groups in total. The lowest BCUT2D eigenvalue weighted by molar-refractivity contribution is -0.138. The number of nitrogens with two attached hydrogens (primary N) is 1. The van der Waals surface area contributed by atoms with E-state index in [-0.39, 0.29) is 24.2 Å². The summed E-state index contributed by atoms with van der Waals surface area (Å²) in [5, 5.41) is 8.76. The highest BCUT2D eigenvalue weighted by molar-refractivity contribution is 5.92. The average Bonchev–Trinajstić information content (AvgIpc) is 2.31. The fraction of sp³-hybridized carbons (Fsp3) is 0.231. The summed E-state index contributed by atoms with van der Waals surface area (Å²) in [6.07, 6.45) is 1.53. The van der Waals surface area contributed by atoms with Crippen LogP contribution in [0.5, 0.6) is 0 Å². The molecule has 1 aromatic carbocycles. The molecule has 0 aliphatic carbocycles. The summed E-state index contributed by atoms with van der Waals surface area (Å²) in [6, 6.07) is 3.76. The van der Waals surface area contributed by atoms with E-state index >= 15 is 0 Å². The monoisotopic (exact) mass is 266 g/mol. The van der Waals surface area contributed by atoms with Gasteiger partial charge in [0.1, 0.15) is 5.82 Å². The van der Waals surface area contributed by atoms with Gasteiger partial charge in [0.05, 0.1) is 6.54 Å². The Kier molecular flexibility index (Phi) is 5.20. The van der Waals surface area contributed by atoms with Crippen LogP contribution in [-0.2, 0) is 11.3 Å². The van der Waals surface area contributed by atoms with Crippen molar-refractivity contribution in [3.63, 3.8) is 0 Å². The van der Waals surface area contributed by atoms with E-state index in [9.17, 15) is 14.0 Å². The Balaban J connectivity index is 2.94. The molecule has 0 saturated carbocycles. The first-order chi connectivity index (χ1) is 8.93. The van der Waals surface area contributed by atoms with E-state index in [1.807, 2.05) is 0 Å². The Morgan fingerprint density at radius 1 is 1.47 bits per heavy atom. The zero-order chi connectivity index (χ0) is 14.4. The molecule has 0 aliphatic rings. The van der Waals surface area contributed by atoms with Gasteiger partial charge in [-0.25, -0.2) is 4.39 Å². The molecule has 0 atom stereocenters. The van der Waals surface area contributed by atoms with Crippen LogP contribution in [0.15, 0.2) is 30.9 Å². The fourth-order valence-corrected chi connectivity index (χ4v) is 1.65. The second-order valence-electron chi connectivity index (χ2n) is 4.02. The summed E-state index contributed by atoms with van der Waals surface area (Å²) in [5.74, 6) is -2.19. The third-order valence-corrected chi connectivity index (χ3v) is 2.47. The molecule has 0 aromatic heterocycles. The normalized spacial score (nSPS) is 10.4. The van der Waals surface area contributed by atoms with E-state index in [2.05, 4.69) is 6.58 Å². The predicted molar refractivity (Wildman–Crippen MR) is 68.0 cm³/mol. The van der Waals surface area contributed by atoms with Gasteiger partial charge in [0.15, 0.2) is 0 Å². The van der Waals surface area contributed by atoms with Crippen LogP contribution in [0.4, 0.5) is 4.39 Å². The first-order valence-corrected chi connectivity index (χ1v) is 5.57. The Morgan fingerprint density at radius 2 is 2.16 bits per heavy atom. The molecule has 0 radical (unpaired) electrons. The van der Waals surface area contributed by atoms with Crippen LogP contribution in [0.25, 0.3) is 0 Å². The largest absolute Gasteiger partial charge is 0.480 e. The maximum atomic E-state index is 13.6. The number of hydrogen-bond acceptors (Lipinski definition) is 3. The molecule has 1 amide bonds. The van der Waals surface area contributed by atoms with Crippen LogP contribution < -0.4 is 5.73 Å². The third kappa shape index (κ3) is 4.51. The number of halogens is 1. The van der Waals surface area contributed by atoms with Gasteiger partial charge in [0.2, 0.25) is 5.91 Å². The molecule has 0 heterocycles. The molecule has 0 aliphatic heterocycles. The number of benzene rings is 1. The molecular formula is C13H15FN2O3. The standard InChI is InChI=1S/C13H15FN2O3/c1-2-5-16(8-12(17)18)7-10-6-9(13(15)19)3-4-11(10)14/h2-4,6H,1,5,7-8H2,(H2,15,19)(H,17,18). The molecule has 0 fully saturated rings. The van der Waals surface area contributed by atoms with Crippen molar-refractivity contribution < 1.29 is 19.1 Å². The van der Waals surface area contributed by atoms with Gasteiger partial charge >= 0.3 is 5.97 Å². The number of aliphatic carboxylic acids is 1. The second-order valence-corrected chi connectivity index (χ2v) is 4.02. The number of carbonyl (C=O) groups excluding carboxylic acids is 1. The molecule has 0 unspecified atom stereocenters. The lowest BCUT2D eigenvalue weighted by atomic mass is 10.1. The van der Waals surface area contributed by atoms with E-state index in [1.165, 1.54) is 23.1 Å². The van der Waals surface area contributed by atoms with Crippen molar-refractivity contribution in [2.75, 3.05) is 13.1 Å². The van der Waals surface area contributed by atoms with Crippen molar-refractivity contribution in [1.82, 2.24) is 4.90 Å². The quantitative estimate of drug-likeness (QED) is 0.721. The van der Waals surface area contributed by atoms with Gasteiger partial charge in [-0.2, -0.15) is 0 Å². The van der Waals surface area contributed by atoms with Gasteiger partial charge in [0, 0.05) is 24.2 Å². The van der Waals surface area contributed by atoms with E-state index in [4.69, 9.17) is 10.8 Å². The topological polar surface area (TPSA) is 83.6 Å². The second kappa shape index (κ2) is 6.65. The Bertz CT molecular complexity index is 503. The van der Waals surface area contributed by atoms with Crippen molar-refractivity contribution >= 4 is 11.9 Å². The van der Waals surface area contributed by atoms with E-state index in [0.717, 1.165) is 6.07 Å². The Hall–Kier alpha value is -2.21. The zero-order valence-corrected chi connectivity index (χ0v) is 10.3. The van der Waals surface area contributed by atoms with Crippen molar-refractivity contribution in [3.05, 3.63) is 47.8 Å². The summed E-state index contributed by atoms with van der Waals surface area (Å²) < 4.78 is 13.6. The SMILES string of the molecule is C=CCN(CC(=O)O)Cc1cc(C(N)=O)ccc1F. The van der Waals surface area contributed by atoms with Crippen LogP contribution in [0.2, 0.25) is 0 Å². The summed E-state index contributed by atoms with van der Waals surface area (Å²) in [4.78, 5) is 23.2. The lowest BCUT2D eigenvalue weighted by Crippen LogP contribution is -2.30. The summed E-state index contributed by atoms with van der Waals surface area (Å²) in [5.41, 5.74) is 5.52. The smallest absolute Gasteiger partial charge is 0.317 e. The van der Waals surface area contributed by atoms with Crippen LogP contribution in [0.1, 0.15) is 15.9 Å². The van der Waals surface area contributed by atoms with Crippen molar-refractivity contribution in [2.45, 2.75) is 6.54 Å². The molecule has 6 heteroatoms. The van der Waals surface area contributed by atoms with Gasteiger partial charge in [-0.3, -0.25) is 14.5 Å². The summed E-state index contributed by atoms with van der Waals surface area (Å²) >= 11 is 0. The Labute approximate surface area is 110 Å². The number of rotatable bonds is 7. The van der Waals surface area contributed by atoms with Crippen molar-refractivity contribution in [3.8, 4) is 0 Å². The molecule has 0 saturated heterocycles. The summed E-state index contributed by atoms with van der Waals surface area (Å²) in [6.45, 7) is 3.63. The number of carbonyl (C=O) groups is 2. The minimum Gasteiger partial charge on any atom is -0.480 e. The number of hydrogen-bond donors (Lipinski definition) is 2. The molecule has 1 rings (SSSR count). The number of amides is 1. The number of nitrogens with zero attached hydrogens (tertiary/aromatic N) is 1. The molecule has 102 valence electrons. The minimum atomic E-state index is -1.02. The Morgan fingerprint density at radius 3 is 2.68 bits per heavy atom. The summed E-state index contributed by atoms with van der Waals surface area (Å²) in [7, 11) is 0. The molecule has 1 aromatic rings. The fourth-order valence-electron chi connectivity index (χ4n) is 1.65. The highest BCUT2D eigenvalue weighted by Gasteiger charge is 2.13. The van der Waals surface area contributed by atoms with E-state index in [1.54, 1.807) is 0 Å².